The van der Waals surface area contributed by atoms with Crippen LogP contribution in [0.5, 0.6) is 0 Å². The van der Waals surface area contributed by atoms with Crippen LogP contribution in [0.15, 0.2) is 23.4 Å². The van der Waals surface area contributed by atoms with Gasteiger partial charge in [0.05, 0.1) is 17.9 Å². The van der Waals surface area contributed by atoms with Gasteiger partial charge >= 0.3 is 5.97 Å². The molecule has 2 aromatic rings. The van der Waals surface area contributed by atoms with Gasteiger partial charge in [-0.1, -0.05) is 24.8 Å². The molecular formula is C14H17FN2O3S. The number of aromatic nitrogens is 2. The first-order valence-electron chi connectivity index (χ1n) is 6.51. The molecule has 0 aliphatic heterocycles. The second kappa shape index (κ2) is 6.91. The molecule has 0 aliphatic rings. The van der Waals surface area contributed by atoms with E-state index in [9.17, 15) is 9.18 Å². The molecule has 7 heteroatoms. The smallest absolute Gasteiger partial charge is 0.313 e. The van der Waals surface area contributed by atoms with Crippen LogP contribution in [0, 0.1) is 11.7 Å². The van der Waals surface area contributed by atoms with Crippen LogP contribution >= 0.6 is 11.8 Å². The highest BCUT2D eigenvalue weighted by Gasteiger charge is 2.17. The number of ether oxygens (including phenoxy) is 1. The van der Waals surface area contributed by atoms with Gasteiger partial charge in [-0.15, -0.1) is 0 Å². The van der Waals surface area contributed by atoms with Crippen molar-refractivity contribution in [3.8, 4) is 0 Å². The van der Waals surface area contributed by atoms with Crippen molar-refractivity contribution in [1.29, 1.82) is 0 Å². The first-order chi connectivity index (χ1) is 10.0. The van der Waals surface area contributed by atoms with Crippen molar-refractivity contribution in [2.45, 2.75) is 18.6 Å². The second-order valence-corrected chi connectivity index (χ2v) is 5.80. The van der Waals surface area contributed by atoms with Crippen LogP contribution in [0.2, 0.25) is 0 Å². The molecule has 1 aromatic heterocycles. The van der Waals surface area contributed by atoms with E-state index in [0.717, 1.165) is 11.8 Å². The Bertz CT molecular complexity index is 644. The van der Waals surface area contributed by atoms with E-state index in [0.29, 0.717) is 23.8 Å². The highest BCUT2D eigenvalue weighted by Crippen LogP contribution is 2.26. The number of nitrogens with zero attached hydrogens (tertiary/aromatic N) is 2. The van der Waals surface area contributed by atoms with Crippen molar-refractivity contribution in [3.63, 3.8) is 0 Å². The Morgan fingerprint density at radius 2 is 2.33 bits per heavy atom. The molecule has 21 heavy (non-hydrogen) atoms. The molecule has 1 unspecified atom stereocenters. The SMILES string of the molecule is COCC(C)Cn1c(SCC(=O)O)nc2c(F)cccc21. The number of aliphatic carboxylic acids is 1. The fourth-order valence-electron chi connectivity index (χ4n) is 2.15. The minimum absolute atomic E-state index is 0.108. The van der Waals surface area contributed by atoms with Crippen molar-refractivity contribution >= 4 is 28.8 Å². The highest BCUT2D eigenvalue weighted by atomic mass is 32.2. The molecule has 5 nitrogen and oxygen atoms in total. The Hall–Kier alpha value is -1.60. The molecule has 0 aliphatic carbocycles. The number of halogens is 1. The van der Waals surface area contributed by atoms with Gasteiger partial charge in [-0.05, 0) is 18.1 Å². The zero-order valence-corrected chi connectivity index (χ0v) is 12.7. The van der Waals surface area contributed by atoms with Crippen LogP contribution in [-0.2, 0) is 16.1 Å². The Balaban J connectivity index is 2.39. The molecule has 1 heterocycles. The highest BCUT2D eigenvalue weighted by molar-refractivity contribution is 7.99. The number of rotatable bonds is 7. The van der Waals surface area contributed by atoms with E-state index in [1.54, 1.807) is 19.2 Å². The summed E-state index contributed by atoms with van der Waals surface area (Å²) in [7, 11) is 1.63. The number of hydrogen-bond acceptors (Lipinski definition) is 4. The summed E-state index contributed by atoms with van der Waals surface area (Å²) in [6, 6.07) is 4.77. The number of carboxylic acids is 1. The number of hydrogen-bond donors (Lipinski definition) is 1. The van der Waals surface area contributed by atoms with Gasteiger partial charge in [0.1, 0.15) is 5.52 Å². The molecule has 1 atom stereocenters. The predicted octanol–water partition coefficient (Wildman–Crippen LogP) is 2.63. The van der Waals surface area contributed by atoms with Gasteiger partial charge < -0.3 is 14.4 Å². The molecule has 114 valence electrons. The van der Waals surface area contributed by atoms with Crippen molar-refractivity contribution in [2.24, 2.45) is 5.92 Å². The third-order valence-corrected chi connectivity index (χ3v) is 3.93. The monoisotopic (exact) mass is 312 g/mol. The van der Waals surface area contributed by atoms with Crippen LogP contribution in [0.1, 0.15) is 6.92 Å². The quantitative estimate of drug-likeness (QED) is 0.796. The van der Waals surface area contributed by atoms with Crippen molar-refractivity contribution in [3.05, 3.63) is 24.0 Å². The lowest BCUT2D eigenvalue weighted by atomic mass is 10.2. The summed E-state index contributed by atoms with van der Waals surface area (Å²) >= 11 is 1.09. The summed E-state index contributed by atoms with van der Waals surface area (Å²) in [5.74, 6) is -1.23. The third kappa shape index (κ3) is 3.74. The molecule has 0 saturated heterocycles. The van der Waals surface area contributed by atoms with E-state index in [1.807, 2.05) is 11.5 Å². The molecule has 0 bridgehead atoms. The van der Waals surface area contributed by atoms with Crippen LogP contribution in [0.3, 0.4) is 0 Å². The third-order valence-electron chi connectivity index (χ3n) is 2.96. The van der Waals surface area contributed by atoms with Crippen LogP contribution in [-0.4, -0.2) is 40.1 Å². The molecule has 2 rings (SSSR count). The number of para-hydroxylation sites is 1. The van der Waals surface area contributed by atoms with E-state index < -0.39 is 11.8 Å². The first-order valence-corrected chi connectivity index (χ1v) is 7.49. The number of carbonyl (C=O) groups is 1. The largest absolute Gasteiger partial charge is 0.481 e. The van der Waals surface area contributed by atoms with Gasteiger partial charge in [0.25, 0.3) is 0 Å². The van der Waals surface area contributed by atoms with Crippen LogP contribution in [0.4, 0.5) is 4.39 Å². The fraction of sp³-hybridized carbons (Fsp3) is 0.429. The average Bonchev–Trinajstić information content (AvgIpc) is 2.76. The Morgan fingerprint density at radius 1 is 1.57 bits per heavy atom. The van der Waals surface area contributed by atoms with Crippen molar-refractivity contribution in [2.75, 3.05) is 19.5 Å². The molecule has 0 amide bonds. The van der Waals surface area contributed by atoms with Gasteiger partial charge in [0.2, 0.25) is 0 Å². The standard InChI is InChI=1S/C14H17FN2O3S/c1-9(7-20-2)6-17-11-5-3-4-10(15)13(11)16-14(17)21-8-12(18)19/h3-5,9H,6-8H2,1-2H3,(H,18,19). The molecule has 0 fully saturated rings. The molecule has 1 aromatic carbocycles. The maximum absolute atomic E-state index is 13.8. The van der Waals surface area contributed by atoms with E-state index in [-0.39, 0.29) is 17.2 Å². The van der Waals surface area contributed by atoms with E-state index in [2.05, 4.69) is 4.98 Å². The summed E-state index contributed by atoms with van der Waals surface area (Å²) in [6.07, 6.45) is 0. The normalized spacial score (nSPS) is 12.7. The zero-order chi connectivity index (χ0) is 15.4. The molecule has 0 radical (unpaired) electrons. The number of carboxylic acid groups (broad SMARTS) is 1. The second-order valence-electron chi connectivity index (χ2n) is 4.86. The lowest BCUT2D eigenvalue weighted by Crippen LogP contribution is -2.13. The lowest BCUT2D eigenvalue weighted by molar-refractivity contribution is -0.133. The lowest BCUT2D eigenvalue weighted by Gasteiger charge is -2.14. The first kappa shape index (κ1) is 15.8. The fourth-order valence-corrected chi connectivity index (χ4v) is 2.89. The number of imidazole rings is 1. The summed E-state index contributed by atoms with van der Waals surface area (Å²) in [5.41, 5.74) is 0.945. The van der Waals surface area contributed by atoms with Gasteiger partial charge in [-0.25, -0.2) is 9.37 Å². The molecule has 0 spiro atoms. The Morgan fingerprint density at radius 3 is 3.00 bits per heavy atom. The van der Waals surface area contributed by atoms with E-state index >= 15 is 0 Å². The van der Waals surface area contributed by atoms with Gasteiger partial charge in [-0.3, -0.25) is 4.79 Å². The van der Waals surface area contributed by atoms with E-state index in [1.165, 1.54) is 6.07 Å². The maximum Gasteiger partial charge on any atom is 0.313 e. The van der Waals surface area contributed by atoms with Crippen LogP contribution in [0.25, 0.3) is 11.0 Å². The maximum atomic E-state index is 13.8. The summed E-state index contributed by atoms with van der Waals surface area (Å²) in [4.78, 5) is 15.0. The molecule has 1 N–H and O–H groups in total. The minimum atomic E-state index is -0.927. The minimum Gasteiger partial charge on any atom is -0.481 e. The van der Waals surface area contributed by atoms with Gasteiger partial charge in [0.15, 0.2) is 11.0 Å². The van der Waals surface area contributed by atoms with Gasteiger partial charge in [0, 0.05) is 13.7 Å². The molecule has 0 saturated carbocycles. The van der Waals surface area contributed by atoms with Crippen LogP contribution < -0.4 is 0 Å². The Kier molecular flexibility index (Phi) is 5.19. The number of benzene rings is 1. The number of fused-ring (bicyclic) bond motifs is 1. The predicted molar refractivity (Wildman–Crippen MR) is 79.1 cm³/mol. The summed E-state index contributed by atoms with van der Waals surface area (Å²) in [5, 5.41) is 9.32. The number of thioether (sulfide) groups is 1. The molecular weight excluding hydrogens is 295 g/mol. The van der Waals surface area contributed by atoms with E-state index in [4.69, 9.17) is 9.84 Å². The Labute approximate surface area is 126 Å². The number of methoxy groups -OCH3 is 1. The van der Waals surface area contributed by atoms with Gasteiger partial charge in [-0.2, -0.15) is 0 Å². The average molecular weight is 312 g/mol. The summed E-state index contributed by atoms with van der Waals surface area (Å²) in [6.45, 7) is 3.17. The van der Waals surface area contributed by atoms with Crippen molar-refractivity contribution < 1.29 is 19.0 Å². The topological polar surface area (TPSA) is 64.3 Å². The summed E-state index contributed by atoms with van der Waals surface area (Å²) < 4.78 is 20.8. The zero-order valence-electron chi connectivity index (χ0n) is 11.9. The van der Waals surface area contributed by atoms with Crippen molar-refractivity contribution in [1.82, 2.24) is 9.55 Å².